The number of nitrogens with zero attached hydrogens (tertiary/aromatic N) is 1. The minimum absolute atomic E-state index is 0.0806. The maximum atomic E-state index is 13.2. The van der Waals surface area contributed by atoms with E-state index in [-0.39, 0.29) is 10.6 Å². The Bertz CT molecular complexity index is 589. The summed E-state index contributed by atoms with van der Waals surface area (Å²) < 4.78 is 14.2. The maximum absolute atomic E-state index is 13.2. The Morgan fingerprint density at radius 1 is 1.33 bits per heavy atom. The molecule has 0 bridgehead atoms. The molecule has 6 heteroatoms. The van der Waals surface area contributed by atoms with E-state index in [0.29, 0.717) is 5.82 Å². The lowest BCUT2D eigenvalue weighted by Crippen LogP contribution is -2.13. The van der Waals surface area contributed by atoms with Gasteiger partial charge < -0.3 is 5.32 Å². The van der Waals surface area contributed by atoms with Crippen molar-refractivity contribution in [3.63, 3.8) is 0 Å². The van der Waals surface area contributed by atoms with Gasteiger partial charge in [0.25, 0.3) is 5.91 Å². The zero-order chi connectivity index (χ0) is 13.1. The quantitative estimate of drug-likeness (QED) is 0.812. The van der Waals surface area contributed by atoms with Crippen LogP contribution in [0, 0.1) is 9.39 Å². The van der Waals surface area contributed by atoms with Crippen molar-refractivity contribution in [1.29, 1.82) is 0 Å². The highest BCUT2D eigenvalue weighted by Gasteiger charge is 2.13. The first-order valence-electron chi connectivity index (χ1n) is 4.95. The van der Waals surface area contributed by atoms with Crippen molar-refractivity contribution in [2.75, 3.05) is 5.32 Å². The number of hydrogen-bond acceptors (Lipinski definition) is 2. The van der Waals surface area contributed by atoms with E-state index < -0.39 is 11.7 Å². The second kappa shape index (κ2) is 5.62. The summed E-state index contributed by atoms with van der Waals surface area (Å²) in [5.74, 6) is -0.728. The molecule has 0 aliphatic rings. The van der Waals surface area contributed by atoms with Crippen molar-refractivity contribution < 1.29 is 9.18 Å². The summed E-state index contributed by atoms with van der Waals surface area (Å²) in [4.78, 5) is 15.9. The van der Waals surface area contributed by atoms with Crippen molar-refractivity contribution in [1.82, 2.24) is 4.98 Å². The maximum Gasteiger partial charge on any atom is 0.258 e. The predicted molar refractivity (Wildman–Crippen MR) is 76.3 cm³/mol. The van der Waals surface area contributed by atoms with Gasteiger partial charge in [-0.15, -0.1) is 0 Å². The van der Waals surface area contributed by atoms with E-state index in [4.69, 9.17) is 11.6 Å². The van der Waals surface area contributed by atoms with Crippen LogP contribution in [0.4, 0.5) is 10.2 Å². The summed E-state index contributed by atoms with van der Waals surface area (Å²) in [5.41, 5.74) is 0.0806. The monoisotopic (exact) mass is 376 g/mol. The Morgan fingerprint density at radius 3 is 2.78 bits per heavy atom. The molecule has 0 aliphatic heterocycles. The summed E-state index contributed by atoms with van der Waals surface area (Å²) in [6.07, 6.45) is 1.61. The van der Waals surface area contributed by atoms with Crippen molar-refractivity contribution >= 4 is 45.9 Å². The number of nitrogens with one attached hydrogen (secondary N) is 1. The molecule has 0 atom stereocenters. The molecule has 0 fully saturated rings. The normalized spacial score (nSPS) is 10.2. The topological polar surface area (TPSA) is 42.0 Å². The fourth-order valence-corrected chi connectivity index (χ4v) is 1.84. The average Bonchev–Trinajstić information content (AvgIpc) is 2.35. The highest BCUT2D eigenvalue weighted by atomic mass is 127. The largest absolute Gasteiger partial charge is 0.307 e. The predicted octanol–water partition coefficient (Wildman–Crippen LogP) is 3.73. The molecule has 2 aromatic rings. The minimum Gasteiger partial charge on any atom is -0.307 e. The van der Waals surface area contributed by atoms with E-state index >= 15 is 0 Å². The fourth-order valence-electron chi connectivity index (χ4n) is 1.31. The molecule has 1 aromatic heterocycles. The van der Waals surface area contributed by atoms with Gasteiger partial charge >= 0.3 is 0 Å². The van der Waals surface area contributed by atoms with Gasteiger partial charge in [-0.25, -0.2) is 9.37 Å². The van der Waals surface area contributed by atoms with Gasteiger partial charge in [0.05, 0.1) is 10.6 Å². The number of halogens is 3. The summed E-state index contributed by atoms with van der Waals surface area (Å²) in [6, 6.07) is 7.54. The van der Waals surface area contributed by atoms with Crippen LogP contribution in [0.25, 0.3) is 0 Å². The van der Waals surface area contributed by atoms with Gasteiger partial charge in [0.2, 0.25) is 0 Å². The first-order chi connectivity index (χ1) is 8.58. The third kappa shape index (κ3) is 2.97. The molecule has 1 heterocycles. The molecule has 1 aromatic carbocycles. The zero-order valence-electron chi connectivity index (χ0n) is 8.95. The van der Waals surface area contributed by atoms with Crippen LogP contribution >= 0.6 is 34.2 Å². The molecule has 0 saturated heterocycles. The Balaban J connectivity index is 2.22. The standard InChI is InChI=1S/C12H7ClFIN2O/c13-11-8(2-1-3-9(11)14)12(18)17-10-5-4-7(15)6-16-10/h1-6H,(H,16,17,18). The zero-order valence-corrected chi connectivity index (χ0v) is 11.9. The average molecular weight is 377 g/mol. The minimum atomic E-state index is -0.625. The van der Waals surface area contributed by atoms with E-state index in [9.17, 15) is 9.18 Å². The Labute approximate surface area is 122 Å². The molecular weight excluding hydrogens is 370 g/mol. The van der Waals surface area contributed by atoms with Crippen molar-refractivity contribution in [3.8, 4) is 0 Å². The summed E-state index contributed by atoms with van der Waals surface area (Å²) in [5, 5.41) is 2.36. The lowest BCUT2D eigenvalue weighted by atomic mass is 10.2. The molecule has 0 radical (unpaired) electrons. The summed E-state index contributed by atoms with van der Waals surface area (Å²) in [7, 11) is 0. The lowest BCUT2D eigenvalue weighted by Gasteiger charge is -2.06. The number of anilines is 1. The number of pyridine rings is 1. The fraction of sp³-hybridized carbons (Fsp3) is 0. The Hall–Kier alpha value is -1.21. The van der Waals surface area contributed by atoms with Gasteiger partial charge in [-0.2, -0.15) is 0 Å². The van der Waals surface area contributed by atoms with Gasteiger partial charge in [0.15, 0.2) is 0 Å². The Kier molecular flexibility index (Phi) is 4.13. The second-order valence-corrected chi connectivity index (χ2v) is 5.04. The highest BCUT2D eigenvalue weighted by Crippen LogP contribution is 2.20. The van der Waals surface area contributed by atoms with E-state index in [0.717, 1.165) is 3.57 Å². The van der Waals surface area contributed by atoms with Crippen LogP contribution in [0.3, 0.4) is 0 Å². The van der Waals surface area contributed by atoms with Crippen LogP contribution in [0.2, 0.25) is 5.02 Å². The molecule has 2 rings (SSSR count). The summed E-state index contributed by atoms with van der Waals surface area (Å²) >= 11 is 7.83. The number of benzene rings is 1. The van der Waals surface area contributed by atoms with Crippen LogP contribution in [0.1, 0.15) is 10.4 Å². The van der Waals surface area contributed by atoms with E-state index in [1.807, 2.05) is 0 Å². The van der Waals surface area contributed by atoms with Gasteiger partial charge in [0, 0.05) is 9.77 Å². The first-order valence-corrected chi connectivity index (χ1v) is 6.40. The number of aromatic nitrogens is 1. The number of carbonyl (C=O) groups excluding carboxylic acids is 1. The Morgan fingerprint density at radius 2 is 2.11 bits per heavy atom. The third-order valence-corrected chi connectivity index (χ3v) is 3.19. The van der Waals surface area contributed by atoms with Crippen LogP contribution in [-0.4, -0.2) is 10.9 Å². The number of amides is 1. The van der Waals surface area contributed by atoms with Crippen LogP contribution in [0.15, 0.2) is 36.5 Å². The van der Waals surface area contributed by atoms with E-state index in [1.165, 1.54) is 18.2 Å². The van der Waals surface area contributed by atoms with Gasteiger partial charge in [-0.05, 0) is 46.9 Å². The molecular formula is C12H7ClFIN2O. The number of rotatable bonds is 2. The first kappa shape index (κ1) is 13.2. The molecule has 1 N–H and O–H groups in total. The summed E-state index contributed by atoms with van der Waals surface area (Å²) in [6.45, 7) is 0. The van der Waals surface area contributed by atoms with Crippen LogP contribution in [0.5, 0.6) is 0 Å². The number of carbonyl (C=O) groups is 1. The second-order valence-electron chi connectivity index (χ2n) is 3.42. The van der Waals surface area contributed by atoms with E-state index in [2.05, 4.69) is 32.9 Å². The van der Waals surface area contributed by atoms with Gasteiger partial charge in [-0.1, -0.05) is 17.7 Å². The highest BCUT2D eigenvalue weighted by molar-refractivity contribution is 14.1. The molecule has 0 spiro atoms. The van der Waals surface area contributed by atoms with Gasteiger partial charge in [0.1, 0.15) is 11.6 Å². The molecule has 0 saturated carbocycles. The van der Waals surface area contributed by atoms with Crippen LogP contribution < -0.4 is 5.32 Å². The molecule has 1 amide bonds. The van der Waals surface area contributed by atoms with Gasteiger partial charge in [-0.3, -0.25) is 4.79 Å². The van der Waals surface area contributed by atoms with Crippen LogP contribution in [-0.2, 0) is 0 Å². The molecule has 92 valence electrons. The third-order valence-electron chi connectivity index (χ3n) is 2.17. The molecule has 0 aliphatic carbocycles. The SMILES string of the molecule is O=C(Nc1ccc(I)cn1)c1cccc(F)c1Cl. The number of hydrogen-bond donors (Lipinski definition) is 1. The van der Waals surface area contributed by atoms with E-state index in [1.54, 1.807) is 18.3 Å². The lowest BCUT2D eigenvalue weighted by molar-refractivity contribution is 0.102. The smallest absolute Gasteiger partial charge is 0.258 e. The molecule has 18 heavy (non-hydrogen) atoms. The van der Waals surface area contributed by atoms with Crippen molar-refractivity contribution in [2.45, 2.75) is 0 Å². The van der Waals surface area contributed by atoms with Crippen molar-refractivity contribution in [2.24, 2.45) is 0 Å². The molecule has 0 unspecified atom stereocenters. The molecule has 3 nitrogen and oxygen atoms in total. The van der Waals surface area contributed by atoms with Crippen molar-refractivity contribution in [3.05, 3.63) is 56.5 Å².